The first-order chi connectivity index (χ1) is 9.61. The highest BCUT2D eigenvalue weighted by atomic mass is 16.5. The van der Waals surface area contributed by atoms with Gasteiger partial charge in [0.1, 0.15) is 17.5 Å². The Kier molecular flexibility index (Phi) is 4.81. The van der Waals surface area contributed by atoms with E-state index in [2.05, 4.69) is 5.32 Å². The molecule has 0 fully saturated rings. The molecule has 1 aliphatic rings. The maximum absolute atomic E-state index is 10.9. The number of aliphatic hydroxyl groups excluding tert-OH is 1. The van der Waals surface area contributed by atoms with Crippen molar-refractivity contribution in [2.75, 3.05) is 20.7 Å². The number of methoxy groups -OCH3 is 1. The zero-order chi connectivity index (χ0) is 14.6. The fraction of sp³-hybridized carbons (Fsp3) is 0.500. The number of hydrogen-bond donors (Lipinski definition) is 3. The van der Waals surface area contributed by atoms with Gasteiger partial charge in [0.05, 0.1) is 7.11 Å². The third-order valence-corrected chi connectivity index (χ3v) is 4.07. The lowest BCUT2D eigenvalue weighted by Crippen LogP contribution is -2.50. The van der Waals surface area contributed by atoms with E-state index in [1.165, 1.54) is 0 Å². The summed E-state index contributed by atoms with van der Waals surface area (Å²) >= 11 is 0. The average Bonchev–Trinajstić information content (AvgIpc) is 2.48. The molecule has 1 aliphatic carbocycles. The Hall–Kier alpha value is -1.36. The Morgan fingerprint density at radius 2 is 2.10 bits per heavy atom. The van der Waals surface area contributed by atoms with Crippen LogP contribution >= 0.6 is 0 Å². The molecule has 110 valence electrons. The fourth-order valence-corrected chi connectivity index (χ4v) is 2.86. The normalized spacial score (nSPS) is 27.3. The third kappa shape index (κ3) is 2.87. The summed E-state index contributed by atoms with van der Waals surface area (Å²) in [6.07, 6.45) is 4.11. The summed E-state index contributed by atoms with van der Waals surface area (Å²) in [4.78, 5) is 0. The molecule has 1 aromatic carbocycles. The van der Waals surface area contributed by atoms with Gasteiger partial charge in [-0.2, -0.15) is 0 Å². The van der Waals surface area contributed by atoms with Crippen molar-refractivity contribution in [3.63, 3.8) is 0 Å². The predicted molar refractivity (Wildman–Crippen MR) is 79.0 cm³/mol. The second-order valence-corrected chi connectivity index (χ2v) is 5.29. The number of aliphatic hydroxyl groups is 2. The van der Waals surface area contributed by atoms with E-state index in [1.54, 1.807) is 13.2 Å². The molecule has 0 heterocycles. The number of hydrogen-bond acceptors (Lipinski definition) is 4. The van der Waals surface area contributed by atoms with Crippen molar-refractivity contribution >= 4 is 0 Å². The highest BCUT2D eigenvalue weighted by molar-refractivity contribution is 5.32. The Bertz CT molecular complexity index is 457. The van der Waals surface area contributed by atoms with Crippen LogP contribution in [0.5, 0.6) is 5.75 Å². The number of allylic oxidation sites excluding steroid dienone is 1. The Morgan fingerprint density at radius 3 is 2.65 bits per heavy atom. The Balaban J connectivity index is 2.31. The van der Waals surface area contributed by atoms with E-state index in [-0.39, 0.29) is 5.92 Å². The molecule has 4 nitrogen and oxygen atoms in total. The van der Waals surface area contributed by atoms with E-state index in [0.717, 1.165) is 17.7 Å². The SMILES string of the molecule is CNCC(c1ccc(OC)cc1)C1(O)CCC=CC1O. The van der Waals surface area contributed by atoms with E-state index in [9.17, 15) is 10.2 Å². The minimum Gasteiger partial charge on any atom is -0.497 e. The highest BCUT2D eigenvalue weighted by Crippen LogP contribution is 2.38. The third-order valence-electron chi connectivity index (χ3n) is 4.07. The molecule has 0 radical (unpaired) electrons. The first-order valence-corrected chi connectivity index (χ1v) is 6.97. The number of likely N-dealkylation sites (N-methyl/N-ethyl adjacent to an activating group) is 1. The quantitative estimate of drug-likeness (QED) is 0.713. The lowest BCUT2D eigenvalue weighted by Gasteiger charge is -2.41. The first-order valence-electron chi connectivity index (χ1n) is 6.97. The monoisotopic (exact) mass is 277 g/mol. The first kappa shape index (κ1) is 15.0. The summed E-state index contributed by atoms with van der Waals surface area (Å²) < 4.78 is 5.16. The van der Waals surface area contributed by atoms with Crippen LogP contribution in [0, 0.1) is 0 Å². The minimum atomic E-state index is -1.13. The van der Waals surface area contributed by atoms with E-state index < -0.39 is 11.7 Å². The van der Waals surface area contributed by atoms with Crippen LogP contribution in [0.15, 0.2) is 36.4 Å². The van der Waals surface area contributed by atoms with Gasteiger partial charge in [0.15, 0.2) is 0 Å². The van der Waals surface area contributed by atoms with Gasteiger partial charge in [-0.25, -0.2) is 0 Å². The molecule has 0 spiro atoms. The van der Waals surface area contributed by atoms with Gasteiger partial charge in [-0.1, -0.05) is 24.3 Å². The van der Waals surface area contributed by atoms with Crippen LogP contribution in [-0.2, 0) is 0 Å². The molecule has 1 aromatic rings. The van der Waals surface area contributed by atoms with E-state index in [0.29, 0.717) is 13.0 Å². The Labute approximate surface area is 120 Å². The molecular weight excluding hydrogens is 254 g/mol. The van der Waals surface area contributed by atoms with Gasteiger partial charge < -0.3 is 20.3 Å². The van der Waals surface area contributed by atoms with Crippen molar-refractivity contribution in [1.29, 1.82) is 0 Å². The summed E-state index contributed by atoms with van der Waals surface area (Å²) in [5.74, 6) is 0.617. The lowest BCUT2D eigenvalue weighted by molar-refractivity contribution is -0.0810. The van der Waals surface area contributed by atoms with E-state index in [4.69, 9.17) is 4.74 Å². The summed E-state index contributed by atoms with van der Waals surface area (Å²) in [7, 11) is 3.48. The van der Waals surface area contributed by atoms with Gasteiger partial charge >= 0.3 is 0 Å². The summed E-state index contributed by atoms with van der Waals surface area (Å²) in [6, 6.07) is 7.66. The smallest absolute Gasteiger partial charge is 0.118 e. The number of nitrogens with one attached hydrogen (secondary N) is 1. The zero-order valence-electron chi connectivity index (χ0n) is 12.0. The van der Waals surface area contributed by atoms with Gasteiger partial charge in [0.25, 0.3) is 0 Å². The van der Waals surface area contributed by atoms with Crippen molar-refractivity contribution in [1.82, 2.24) is 5.32 Å². The van der Waals surface area contributed by atoms with Crippen LogP contribution in [0.25, 0.3) is 0 Å². The number of rotatable bonds is 5. The standard InChI is InChI=1S/C16H23NO3/c1-17-11-14(12-6-8-13(20-2)9-7-12)16(19)10-4-3-5-15(16)18/h3,5-9,14-15,17-19H,4,10-11H2,1-2H3. The lowest BCUT2D eigenvalue weighted by atomic mass is 9.73. The molecule has 20 heavy (non-hydrogen) atoms. The molecular formula is C16H23NO3. The van der Waals surface area contributed by atoms with E-state index >= 15 is 0 Å². The minimum absolute atomic E-state index is 0.168. The molecule has 2 rings (SSSR count). The molecule has 0 bridgehead atoms. The number of benzene rings is 1. The van der Waals surface area contributed by atoms with Crippen LogP contribution in [0.3, 0.4) is 0 Å². The fourth-order valence-electron chi connectivity index (χ4n) is 2.86. The number of ether oxygens (including phenoxy) is 1. The maximum Gasteiger partial charge on any atom is 0.118 e. The van der Waals surface area contributed by atoms with Gasteiger partial charge in [-0.05, 0) is 37.6 Å². The molecule has 0 aromatic heterocycles. The molecule has 0 saturated carbocycles. The largest absolute Gasteiger partial charge is 0.497 e. The van der Waals surface area contributed by atoms with Crippen LogP contribution in [0.4, 0.5) is 0 Å². The Morgan fingerprint density at radius 1 is 1.40 bits per heavy atom. The van der Waals surface area contributed by atoms with Crippen molar-refractivity contribution in [3.8, 4) is 5.75 Å². The molecule has 3 N–H and O–H groups in total. The van der Waals surface area contributed by atoms with Crippen molar-refractivity contribution in [3.05, 3.63) is 42.0 Å². The average molecular weight is 277 g/mol. The molecule has 4 heteroatoms. The summed E-state index contributed by atoms with van der Waals surface area (Å²) in [5, 5.41) is 24.2. The second kappa shape index (κ2) is 6.39. The zero-order valence-corrected chi connectivity index (χ0v) is 12.0. The van der Waals surface area contributed by atoms with Crippen LogP contribution < -0.4 is 10.1 Å². The molecule has 0 amide bonds. The van der Waals surface area contributed by atoms with Crippen molar-refractivity contribution in [2.24, 2.45) is 0 Å². The van der Waals surface area contributed by atoms with E-state index in [1.807, 2.05) is 37.4 Å². The highest BCUT2D eigenvalue weighted by Gasteiger charge is 2.43. The summed E-state index contributed by atoms with van der Waals surface area (Å²) in [5.41, 5.74) is -0.135. The van der Waals surface area contributed by atoms with Gasteiger partial charge in [-0.3, -0.25) is 0 Å². The van der Waals surface area contributed by atoms with Gasteiger partial charge in [0, 0.05) is 12.5 Å². The molecule has 0 saturated heterocycles. The van der Waals surface area contributed by atoms with Crippen LogP contribution in [-0.4, -0.2) is 42.6 Å². The molecule has 3 atom stereocenters. The van der Waals surface area contributed by atoms with Crippen LogP contribution in [0.2, 0.25) is 0 Å². The maximum atomic E-state index is 10.9. The second-order valence-electron chi connectivity index (χ2n) is 5.29. The van der Waals surface area contributed by atoms with Gasteiger partial charge in [0.2, 0.25) is 0 Å². The topological polar surface area (TPSA) is 61.7 Å². The van der Waals surface area contributed by atoms with Crippen molar-refractivity contribution < 1.29 is 14.9 Å². The van der Waals surface area contributed by atoms with Crippen LogP contribution in [0.1, 0.15) is 24.3 Å². The predicted octanol–water partition coefficient (Wildman–Crippen LogP) is 1.44. The van der Waals surface area contributed by atoms with Gasteiger partial charge in [-0.15, -0.1) is 0 Å². The summed E-state index contributed by atoms with van der Waals surface area (Å²) in [6.45, 7) is 0.605. The van der Waals surface area contributed by atoms with Crippen molar-refractivity contribution in [2.45, 2.75) is 30.5 Å². The molecule has 0 aliphatic heterocycles. The molecule has 3 unspecified atom stereocenters.